The van der Waals surface area contributed by atoms with Crippen LogP contribution in [-0.2, 0) is 6.54 Å². The summed E-state index contributed by atoms with van der Waals surface area (Å²) >= 11 is 3.52. The molecule has 0 saturated carbocycles. The van der Waals surface area contributed by atoms with E-state index in [2.05, 4.69) is 20.8 Å². The molecule has 0 unspecified atom stereocenters. The summed E-state index contributed by atoms with van der Waals surface area (Å²) in [6, 6.07) is 5.91. The van der Waals surface area contributed by atoms with Crippen LogP contribution in [0.3, 0.4) is 0 Å². The SMILES string of the molecule is COc1ccc(Br)c(CN(C)CCC(=N)N)c1. The molecule has 1 rings (SSSR count). The Bertz CT molecular complexity index is 395. The van der Waals surface area contributed by atoms with E-state index in [0.717, 1.165) is 28.9 Å². The van der Waals surface area contributed by atoms with E-state index in [4.69, 9.17) is 15.9 Å². The number of methoxy groups -OCH3 is 1. The lowest BCUT2D eigenvalue weighted by molar-refractivity contribution is 0.334. The number of nitrogens with zero attached hydrogens (tertiary/aromatic N) is 1. The number of hydrogen-bond donors (Lipinski definition) is 2. The maximum absolute atomic E-state index is 7.20. The van der Waals surface area contributed by atoms with E-state index in [1.54, 1.807) is 7.11 Å². The van der Waals surface area contributed by atoms with E-state index >= 15 is 0 Å². The highest BCUT2D eigenvalue weighted by atomic mass is 79.9. The Morgan fingerprint density at radius 3 is 2.82 bits per heavy atom. The average molecular weight is 300 g/mol. The number of halogens is 1. The third kappa shape index (κ3) is 4.75. The predicted octanol–water partition coefficient (Wildman–Crippen LogP) is 2.22. The molecule has 0 aliphatic heterocycles. The summed E-state index contributed by atoms with van der Waals surface area (Å²) in [5, 5.41) is 7.20. The van der Waals surface area contributed by atoms with Gasteiger partial charge in [0.15, 0.2) is 0 Å². The van der Waals surface area contributed by atoms with E-state index < -0.39 is 0 Å². The fourth-order valence-corrected chi connectivity index (χ4v) is 1.85. The number of benzene rings is 1. The minimum Gasteiger partial charge on any atom is -0.497 e. The maximum atomic E-state index is 7.20. The molecular weight excluding hydrogens is 282 g/mol. The van der Waals surface area contributed by atoms with Crippen molar-refractivity contribution >= 4 is 21.8 Å². The molecule has 0 atom stereocenters. The molecule has 0 spiro atoms. The third-order valence-corrected chi connectivity index (χ3v) is 3.23. The normalized spacial score (nSPS) is 10.6. The highest BCUT2D eigenvalue weighted by Crippen LogP contribution is 2.23. The average Bonchev–Trinajstić information content (AvgIpc) is 2.29. The molecule has 5 heteroatoms. The fourth-order valence-electron chi connectivity index (χ4n) is 1.48. The van der Waals surface area contributed by atoms with Gasteiger partial charge in [0.1, 0.15) is 5.75 Å². The summed E-state index contributed by atoms with van der Waals surface area (Å²) in [6.07, 6.45) is 0.595. The topological polar surface area (TPSA) is 62.3 Å². The lowest BCUT2D eigenvalue weighted by Crippen LogP contribution is -2.24. The summed E-state index contributed by atoms with van der Waals surface area (Å²) in [4.78, 5) is 2.13. The van der Waals surface area contributed by atoms with Gasteiger partial charge >= 0.3 is 0 Å². The highest BCUT2D eigenvalue weighted by Gasteiger charge is 2.06. The van der Waals surface area contributed by atoms with Crippen molar-refractivity contribution in [1.29, 1.82) is 5.41 Å². The van der Waals surface area contributed by atoms with E-state index in [1.807, 2.05) is 25.2 Å². The zero-order chi connectivity index (χ0) is 12.8. The number of hydrogen-bond acceptors (Lipinski definition) is 3. The van der Waals surface area contributed by atoms with Crippen molar-refractivity contribution in [2.45, 2.75) is 13.0 Å². The molecular formula is C12H18BrN3O. The van der Waals surface area contributed by atoms with Crippen LogP contribution in [0.15, 0.2) is 22.7 Å². The lowest BCUT2D eigenvalue weighted by Gasteiger charge is -2.17. The summed E-state index contributed by atoms with van der Waals surface area (Å²) in [6.45, 7) is 1.57. The molecule has 0 radical (unpaired) electrons. The van der Waals surface area contributed by atoms with Crippen LogP contribution in [0.1, 0.15) is 12.0 Å². The van der Waals surface area contributed by atoms with Crippen molar-refractivity contribution in [2.24, 2.45) is 5.73 Å². The first-order valence-electron chi connectivity index (χ1n) is 5.36. The van der Waals surface area contributed by atoms with E-state index in [0.29, 0.717) is 6.42 Å². The van der Waals surface area contributed by atoms with Crippen LogP contribution in [0.5, 0.6) is 5.75 Å². The Balaban J connectivity index is 2.63. The van der Waals surface area contributed by atoms with E-state index in [9.17, 15) is 0 Å². The number of nitrogens with two attached hydrogens (primary N) is 1. The number of rotatable bonds is 6. The largest absolute Gasteiger partial charge is 0.497 e. The van der Waals surface area contributed by atoms with Crippen LogP contribution in [0.2, 0.25) is 0 Å². The molecule has 0 aromatic heterocycles. The second-order valence-corrected chi connectivity index (χ2v) is 4.82. The first kappa shape index (κ1) is 14.0. The van der Waals surface area contributed by atoms with Crippen LogP contribution in [0.4, 0.5) is 0 Å². The molecule has 0 fully saturated rings. The molecule has 0 aliphatic rings. The molecule has 4 nitrogen and oxygen atoms in total. The van der Waals surface area contributed by atoms with Crippen molar-refractivity contribution in [1.82, 2.24) is 4.90 Å². The van der Waals surface area contributed by atoms with E-state index in [-0.39, 0.29) is 5.84 Å². The van der Waals surface area contributed by atoms with Gasteiger partial charge in [0.05, 0.1) is 12.9 Å². The number of ether oxygens (including phenoxy) is 1. The van der Waals surface area contributed by atoms with Gasteiger partial charge < -0.3 is 15.4 Å². The Kier molecular flexibility index (Phi) is 5.44. The van der Waals surface area contributed by atoms with Gasteiger partial charge in [-0.1, -0.05) is 15.9 Å². The fraction of sp³-hybridized carbons (Fsp3) is 0.417. The van der Waals surface area contributed by atoms with Gasteiger partial charge in [-0.3, -0.25) is 5.41 Å². The standard InChI is InChI=1S/C12H18BrN3O/c1-16(6-5-12(14)15)8-9-7-10(17-2)3-4-11(9)13/h3-4,7H,5-6,8H2,1-2H3,(H3,14,15). The van der Waals surface area contributed by atoms with Crippen molar-refractivity contribution in [2.75, 3.05) is 20.7 Å². The minimum absolute atomic E-state index is 0.224. The second-order valence-electron chi connectivity index (χ2n) is 3.97. The number of nitrogens with one attached hydrogen (secondary N) is 1. The van der Waals surface area contributed by atoms with Gasteiger partial charge in [-0.25, -0.2) is 0 Å². The molecule has 0 heterocycles. The van der Waals surface area contributed by atoms with Gasteiger partial charge in [-0.2, -0.15) is 0 Å². The Labute approximate surface area is 110 Å². The Morgan fingerprint density at radius 1 is 1.53 bits per heavy atom. The molecule has 0 saturated heterocycles. The van der Waals surface area contributed by atoms with Crippen LogP contribution >= 0.6 is 15.9 Å². The van der Waals surface area contributed by atoms with Crippen LogP contribution in [-0.4, -0.2) is 31.4 Å². The molecule has 1 aromatic carbocycles. The highest BCUT2D eigenvalue weighted by molar-refractivity contribution is 9.10. The minimum atomic E-state index is 0.224. The van der Waals surface area contributed by atoms with Crippen molar-refractivity contribution < 1.29 is 4.74 Å². The van der Waals surface area contributed by atoms with Gasteiger partial charge in [-0.05, 0) is 30.8 Å². The zero-order valence-electron chi connectivity index (χ0n) is 10.2. The van der Waals surface area contributed by atoms with Crippen molar-refractivity contribution in [3.63, 3.8) is 0 Å². The zero-order valence-corrected chi connectivity index (χ0v) is 11.8. The van der Waals surface area contributed by atoms with Gasteiger partial charge in [0, 0.05) is 24.0 Å². The van der Waals surface area contributed by atoms with Crippen molar-refractivity contribution in [3.8, 4) is 5.75 Å². The number of amidine groups is 1. The summed E-state index contributed by atoms with van der Waals surface area (Å²) in [5.41, 5.74) is 6.50. The molecule has 0 aliphatic carbocycles. The van der Waals surface area contributed by atoms with Gasteiger partial charge in [0.25, 0.3) is 0 Å². The third-order valence-electron chi connectivity index (χ3n) is 2.46. The van der Waals surface area contributed by atoms with Crippen LogP contribution in [0, 0.1) is 5.41 Å². The second kappa shape index (κ2) is 6.61. The monoisotopic (exact) mass is 299 g/mol. The smallest absolute Gasteiger partial charge is 0.119 e. The Morgan fingerprint density at radius 2 is 2.24 bits per heavy atom. The van der Waals surface area contributed by atoms with E-state index in [1.165, 1.54) is 0 Å². The molecule has 3 N–H and O–H groups in total. The summed E-state index contributed by atoms with van der Waals surface area (Å²) < 4.78 is 6.26. The lowest BCUT2D eigenvalue weighted by atomic mass is 10.2. The summed E-state index contributed by atoms with van der Waals surface area (Å²) in [5.74, 6) is 1.07. The molecule has 94 valence electrons. The maximum Gasteiger partial charge on any atom is 0.119 e. The van der Waals surface area contributed by atoms with Crippen LogP contribution in [0.25, 0.3) is 0 Å². The Hall–Kier alpha value is -1.07. The molecule has 0 amide bonds. The first-order valence-corrected chi connectivity index (χ1v) is 6.16. The molecule has 17 heavy (non-hydrogen) atoms. The molecule has 1 aromatic rings. The van der Waals surface area contributed by atoms with Crippen molar-refractivity contribution in [3.05, 3.63) is 28.2 Å². The molecule has 0 bridgehead atoms. The van der Waals surface area contributed by atoms with Gasteiger partial charge in [-0.15, -0.1) is 0 Å². The first-order chi connectivity index (χ1) is 8.02. The van der Waals surface area contributed by atoms with Crippen LogP contribution < -0.4 is 10.5 Å². The summed E-state index contributed by atoms with van der Waals surface area (Å²) in [7, 11) is 3.67. The van der Waals surface area contributed by atoms with Gasteiger partial charge in [0.2, 0.25) is 0 Å². The predicted molar refractivity (Wildman–Crippen MR) is 73.6 cm³/mol. The quantitative estimate of drug-likeness (QED) is 0.625.